The summed E-state index contributed by atoms with van der Waals surface area (Å²) < 4.78 is 5.74. The minimum Gasteiger partial charge on any atom is -0.492 e. The first kappa shape index (κ1) is 15.9. The molecule has 0 aliphatic carbocycles. The van der Waals surface area contributed by atoms with Crippen molar-refractivity contribution in [2.24, 2.45) is 5.73 Å². The van der Waals surface area contributed by atoms with Gasteiger partial charge in [-0.25, -0.2) is 0 Å². The van der Waals surface area contributed by atoms with Crippen LogP contribution >= 0.6 is 11.6 Å². The van der Waals surface area contributed by atoms with E-state index in [2.05, 4.69) is 24.3 Å². The fraction of sp³-hybridized carbons (Fsp3) is 0.333. The van der Waals surface area contributed by atoms with Crippen molar-refractivity contribution in [1.82, 2.24) is 0 Å². The molecule has 2 aromatic carbocycles. The van der Waals surface area contributed by atoms with Crippen molar-refractivity contribution in [3.63, 3.8) is 0 Å². The zero-order valence-electron chi connectivity index (χ0n) is 12.2. The third-order valence-electron chi connectivity index (χ3n) is 3.39. The summed E-state index contributed by atoms with van der Waals surface area (Å²) in [7, 11) is 0. The highest BCUT2D eigenvalue weighted by Crippen LogP contribution is 2.25. The Kier molecular flexibility index (Phi) is 6.58. The molecule has 2 aromatic rings. The molecular weight excluding hydrogens is 282 g/mol. The van der Waals surface area contributed by atoms with Gasteiger partial charge < -0.3 is 10.5 Å². The van der Waals surface area contributed by atoms with Crippen LogP contribution in [0.4, 0.5) is 0 Å². The fourth-order valence-electron chi connectivity index (χ4n) is 2.24. The minimum absolute atomic E-state index is 0.635. The Balaban J connectivity index is 1.71. The number of aryl methyl sites for hydroxylation is 1. The maximum Gasteiger partial charge on any atom is 0.137 e. The van der Waals surface area contributed by atoms with Gasteiger partial charge in [0.15, 0.2) is 0 Å². The predicted octanol–water partition coefficient (Wildman–Crippen LogP) is 4.24. The summed E-state index contributed by atoms with van der Waals surface area (Å²) in [5, 5.41) is 0.670. The van der Waals surface area contributed by atoms with E-state index in [9.17, 15) is 0 Å². The minimum atomic E-state index is 0.635. The van der Waals surface area contributed by atoms with Crippen LogP contribution in [0.25, 0.3) is 0 Å². The number of benzene rings is 2. The third-order valence-corrected chi connectivity index (χ3v) is 3.68. The molecule has 0 saturated heterocycles. The number of hydrogen-bond acceptors (Lipinski definition) is 2. The van der Waals surface area contributed by atoms with Crippen LogP contribution in [0, 0.1) is 0 Å². The van der Waals surface area contributed by atoms with E-state index in [0.29, 0.717) is 18.2 Å². The second kappa shape index (κ2) is 8.71. The van der Waals surface area contributed by atoms with E-state index in [0.717, 1.165) is 37.0 Å². The van der Waals surface area contributed by atoms with Gasteiger partial charge in [-0.2, -0.15) is 0 Å². The van der Waals surface area contributed by atoms with Crippen LogP contribution in [0.3, 0.4) is 0 Å². The summed E-state index contributed by atoms with van der Waals surface area (Å²) in [6.45, 7) is 1.33. The molecule has 0 fully saturated rings. The summed E-state index contributed by atoms with van der Waals surface area (Å²) in [4.78, 5) is 0. The molecule has 112 valence electrons. The van der Waals surface area contributed by atoms with Crippen molar-refractivity contribution in [2.75, 3.05) is 13.2 Å². The molecule has 0 radical (unpaired) electrons. The van der Waals surface area contributed by atoms with Crippen molar-refractivity contribution < 1.29 is 4.74 Å². The van der Waals surface area contributed by atoms with Crippen LogP contribution in [-0.2, 0) is 12.8 Å². The van der Waals surface area contributed by atoms with Gasteiger partial charge in [-0.05, 0) is 55.5 Å². The first-order valence-electron chi connectivity index (χ1n) is 7.45. The molecule has 0 spiro atoms. The second-order valence-corrected chi connectivity index (χ2v) is 5.50. The third kappa shape index (κ3) is 5.41. The molecule has 0 bridgehead atoms. The fourth-order valence-corrected chi connectivity index (χ4v) is 2.50. The molecule has 21 heavy (non-hydrogen) atoms. The summed E-state index contributed by atoms with van der Waals surface area (Å²) in [6, 6.07) is 16.4. The van der Waals surface area contributed by atoms with Gasteiger partial charge in [-0.15, -0.1) is 0 Å². The van der Waals surface area contributed by atoms with Gasteiger partial charge in [-0.3, -0.25) is 0 Å². The molecule has 3 heteroatoms. The first-order chi connectivity index (χ1) is 10.3. The number of hydrogen-bond donors (Lipinski definition) is 1. The summed E-state index contributed by atoms with van der Waals surface area (Å²) in [5.74, 6) is 0.761. The molecule has 0 aliphatic rings. The smallest absolute Gasteiger partial charge is 0.137 e. The monoisotopic (exact) mass is 303 g/mol. The van der Waals surface area contributed by atoms with E-state index < -0.39 is 0 Å². The molecule has 0 aliphatic heterocycles. The Morgan fingerprint density at radius 1 is 0.905 bits per heavy atom. The van der Waals surface area contributed by atoms with E-state index in [4.69, 9.17) is 22.1 Å². The van der Waals surface area contributed by atoms with E-state index >= 15 is 0 Å². The van der Waals surface area contributed by atoms with Crippen LogP contribution in [0.2, 0.25) is 5.02 Å². The Hall–Kier alpha value is -1.51. The number of rotatable bonds is 8. The molecular formula is C18H22ClNO. The number of nitrogens with two attached hydrogens (primary N) is 1. The maximum atomic E-state index is 6.21. The van der Waals surface area contributed by atoms with Crippen LogP contribution in [0.1, 0.15) is 24.0 Å². The molecule has 2 rings (SSSR count). The van der Waals surface area contributed by atoms with Crippen LogP contribution < -0.4 is 10.5 Å². The van der Waals surface area contributed by atoms with Crippen molar-refractivity contribution in [3.05, 3.63) is 64.7 Å². The first-order valence-corrected chi connectivity index (χ1v) is 7.82. The molecule has 0 aromatic heterocycles. The SMILES string of the molecule is NCCc1ccc(OCCCCc2ccccc2)c(Cl)c1. The van der Waals surface area contributed by atoms with Gasteiger partial charge in [0.05, 0.1) is 11.6 Å². The molecule has 2 nitrogen and oxygen atoms in total. The Bertz CT molecular complexity index is 542. The highest BCUT2D eigenvalue weighted by atomic mass is 35.5. The zero-order valence-corrected chi connectivity index (χ0v) is 13.0. The van der Waals surface area contributed by atoms with E-state index in [-0.39, 0.29) is 0 Å². The van der Waals surface area contributed by atoms with Crippen LogP contribution in [-0.4, -0.2) is 13.2 Å². The number of halogens is 1. The van der Waals surface area contributed by atoms with Gasteiger partial charge >= 0.3 is 0 Å². The highest BCUT2D eigenvalue weighted by molar-refractivity contribution is 6.32. The van der Waals surface area contributed by atoms with Crippen molar-refractivity contribution >= 4 is 11.6 Å². The van der Waals surface area contributed by atoms with E-state index in [1.807, 2.05) is 24.3 Å². The van der Waals surface area contributed by atoms with Crippen molar-refractivity contribution in [1.29, 1.82) is 0 Å². The van der Waals surface area contributed by atoms with E-state index in [1.54, 1.807) is 0 Å². The molecule has 0 amide bonds. The highest BCUT2D eigenvalue weighted by Gasteiger charge is 2.03. The van der Waals surface area contributed by atoms with Crippen LogP contribution in [0.15, 0.2) is 48.5 Å². The average molecular weight is 304 g/mol. The van der Waals surface area contributed by atoms with E-state index in [1.165, 1.54) is 5.56 Å². The second-order valence-electron chi connectivity index (χ2n) is 5.09. The lowest BCUT2D eigenvalue weighted by molar-refractivity contribution is 0.307. The topological polar surface area (TPSA) is 35.2 Å². The summed E-state index contributed by atoms with van der Waals surface area (Å²) in [6.07, 6.45) is 4.08. The van der Waals surface area contributed by atoms with Gasteiger partial charge in [0.25, 0.3) is 0 Å². The average Bonchev–Trinajstić information content (AvgIpc) is 2.50. The lowest BCUT2D eigenvalue weighted by atomic mass is 10.1. The lowest BCUT2D eigenvalue weighted by Crippen LogP contribution is -2.03. The Labute approximate surface area is 131 Å². The number of unbranched alkanes of at least 4 members (excludes halogenated alkanes) is 1. The molecule has 0 saturated carbocycles. The Morgan fingerprint density at radius 2 is 1.71 bits per heavy atom. The molecule has 2 N–H and O–H groups in total. The van der Waals surface area contributed by atoms with Crippen molar-refractivity contribution in [2.45, 2.75) is 25.7 Å². The van der Waals surface area contributed by atoms with Crippen molar-refractivity contribution in [3.8, 4) is 5.75 Å². The predicted molar refractivity (Wildman–Crippen MR) is 89.1 cm³/mol. The van der Waals surface area contributed by atoms with Gasteiger partial charge in [0.2, 0.25) is 0 Å². The largest absolute Gasteiger partial charge is 0.492 e. The zero-order chi connectivity index (χ0) is 14.9. The quantitative estimate of drug-likeness (QED) is 0.740. The maximum absolute atomic E-state index is 6.21. The van der Waals surface area contributed by atoms with Gasteiger partial charge in [-0.1, -0.05) is 48.0 Å². The summed E-state index contributed by atoms with van der Waals surface area (Å²) >= 11 is 6.21. The summed E-state index contributed by atoms with van der Waals surface area (Å²) in [5.41, 5.74) is 8.06. The van der Waals surface area contributed by atoms with Gasteiger partial charge in [0.1, 0.15) is 5.75 Å². The normalized spacial score (nSPS) is 10.6. The number of ether oxygens (including phenoxy) is 1. The molecule has 0 heterocycles. The van der Waals surface area contributed by atoms with Crippen LogP contribution in [0.5, 0.6) is 5.75 Å². The lowest BCUT2D eigenvalue weighted by Gasteiger charge is -2.09. The Morgan fingerprint density at radius 3 is 2.43 bits per heavy atom. The standard InChI is InChI=1S/C18H22ClNO/c19-17-14-16(11-12-20)9-10-18(17)21-13-5-4-8-15-6-2-1-3-7-15/h1-3,6-7,9-10,14H,4-5,8,11-13,20H2. The molecule has 0 unspecified atom stereocenters. The molecule has 0 atom stereocenters. The van der Waals surface area contributed by atoms with Gasteiger partial charge in [0, 0.05) is 0 Å².